The number of hydrogen-bond acceptors (Lipinski definition) is 4. The third kappa shape index (κ3) is 5.40. The molecule has 7 nitrogen and oxygen atoms in total. The highest BCUT2D eigenvalue weighted by atomic mass is 19.1. The number of fused-ring (bicyclic) bond motifs is 1. The molecule has 3 N–H and O–H groups in total. The third-order valence-corrected chi connectivity index (χ3v) is 4.89. The number of anilines is 1. The van der Waals surface area contributed by atoms with Gasteiger partial charge in [0.25, 0.3) is 0 Å². The average Bonchev–Trinajstić information content (AvgIpc) is 3.08. The van der Waals surface area contributed by atoms with Crippen LogP contribution in [0.2, 0.25) is 0 Å². The van der Waals surface area contributed by atoms with Crippen LogP contribution in [0.15, 0.2) is 35.5 Å². The number of aliphatic imine (C=N–C) groups is 1. The molecule has 0 fully saturated rings. The Morgan fingerprint density at radius 1 is 1.23 bits per heavy atom. The number of carbonyl (C=O) groups is 1. The highest BCUT2D eigenvalue weighted by molar-refractivity contribution is 6.04. The van der Waals surface area contributed by atoms with Gasteiger partial charge in [0, 0.05) is 41.0 Å². The molecule has 0 aliphatic rings. The number of aromatic nitrogens is 3. The van der Waals surface area contributed by atoms with E-state index in [2.05, 4.69) is 30.6 Å². The minimum absolute atomic E-state index is 0.123. The molecule has 0 radical (unpaired) electrons. The van der Waals surface area contributed by atoms with Crippen LogP contribution in [0.4, 0.5) is 10.3 Å². The molecule has 1 amide bonds. The predicted octanol–water partition coefficient (Wildman–Crippen LogP) is 3.89. The van der Waals surface area contributed by atoms with Crippen LogP contribution < -0.4 is 10.6 Å². The molecule has 0 unspecified atom stereocenters. The summed E-state index contributed by atoms with van der Waals surface area (Å²) in [6, 6.07) is 6.53. The summed E-state index contributed by atoms with van der Waals surface area (Å²) in [5.41, 5.74) is 3.47. The third-order valence-electron chi connectivity index (χ3n) is 4.89. The van der Waals surface area contributed by atoms with Gasteiger partial charge in [0.05, 0.1) is 0 Å². The molecule has 0 aliphatic heterocycles. The van der Waals surface area contributed by atoms with Crippen molar-refractivity contribution >= 4 is 28.7 Å². The fraction of sp³-hybridized carbons (Fsp3) is 0.364. The molecule has 1 atom stereocenters. The number of amides is 1. The summed E-state index contributed by atoms with van der Waals surface area (Å²) >= 11 is 0. The van der Waals surface area contributed by atoms with Crippen molar-refractivity contribution < 1.29 is 9.18 Å². The second-order valence-corrected chi connectivity index (χ2v) is 7.38. The molecule has 3 rings (SSSR count). The van der Waals surface area contributed by atoms with E-state index in [9.17, 15) is 9.18 Å². The van der Waals surface area contributed by atoms with E-state index in [0.717, 1.165) is 34.3 Å². The SMILES string of the molecule is CC[C@H](C)C(=O)NC(=NCCc1c[nH]c2ccc(F)cc12)Nc1nc(C)cc(C)n1. The number of aryl methyl sites for hydroxylation is 2. The van der Waals surface area contributed by atoms with E-state index in [4.69, 9.17) is 0 Å². The number of aromatic amines is 1. The first-order valence-electron chi connectivity index (χ1n) is 10.1. The Labute approximate surface area is 175 Å². The molecule has 0 spiro atoms. The van der Waals surface area contributed by atoms with E-state index in [0.29, 0.717) is 24.9 Å². The average molecular weight is 410 g/mol. The maximum atomic E-state index is 13.6. The Bertz CT molecular complexity index is 1050. The summed E-state index contributed by atoms with van der Waals surface area (Å²) in [6.45, 7) is 7.98. The normalized spacial score (nSPS) is 12.8. The van der Waals surface area contributed by atoms with E-state index in [-0.39, 0.29) is 17.6 Å². The lowest BCUT2D eigenvalue weighted by molar-refractivity contribution is -0.123. The molecule has 30 heavy (non-hydrogen) atoms. The van der Waals surface area contributed by atoms with Crippen molar-refractivity contribution in [3.8, 4) is 0 Å². The number of rotatable bonds is 6. The summed E-state index contributed by atoms with van der Waals surface area (Å²) in [7, 11) is 0. The van der Waals surface area contributed by atoms with Gasteiger partial charge in [-0.25, -0.2) is 14.4 Å². The Morgan fingerprint density at radius 2 is 1.97 bits per heavy atom. The lowest BCUT2D eigenvalue weighted by Crippen LogP contribution is -2.39. The Hall–Kier alpha value is -3.29. The molecule has 0 saturated carbocycles. The number of halogens is 1. The highest BCUT2D eigenvalue weighted by Gasteiger charge is 2.14. The maximum Gasteiger partial charge on any atom is 0.229 e. The molecular formula is C22H27FN6O. The van der Waals surface area contributed by atoms with Gasteiger partial charge in [-0.2, -0.15) is 0 Å². The number of benzene rings is 1. The van der Waals surface area contributed by atoms with Gasteiger partial charge in [0.1, 0.15) is 5.82 Å². The lowest BCUT2D eigenvalue weighted by atomic mass is 10.1. The first-order chi connectivity index (χ1) is 14.4. The van der Waals surface area contributed by atoms with Crippen molar-refractivity contribution in [1.82, 2.24) is 20.3 Å². The van der Waals surface area contributed by atoms with Gasteiger partial charge in [-0.05, 0) is 56.5 Å². The van der Waals surface area contributed by atoms with Crippen molar-refractivity contribution in [2.45, 2.75) is 40.5 Å². The molecule has 0 aliphatic carbocycles. The Balaban J connectivity index is 1.78. The van der Waals surface area contributed by atoms with E-state index < -0.39 is 0 Å². The second kappa shape index (κ2) is 9.47. The molecule has 8 heteroatoms. The van der Waals surface area contributed by atoms with Crippen molar-refractivity contribution in [2.24, 2.45) is 10.9 Å². The molecule has 0 saturated heterocycles. The van der Waals surface area contributed by atoms with E-state index in [1.165, 1.54) is 12.1 Å². The monoisotopic (exact) mass is 410 g/mol. The van der Waals surface area contributed by atoms with Crippen LogP contribution in [0.25, 0.3) is 10.9 Å². The molecule has 3 aromatic rings. The number of nitrogens with zero attached hydrogens (tertiary/aromatic N) is 3. The number of carbonyl (C=O) groups excluding carboxylic acids is 1. The molecule has 2 aromatic heterocycles. The van der Waals surface area contributed by atoms with Crippen molar-refractivity contribution in [3.63, 3.8) is 0 Å². The lowest BCUT2D eigenvalue weighted by Gasteiger charge is -2.14. The second-order valence-electron chi connectivity index (χ2n) is 7.38. The van der Waals surface area contributed by atoms with Gasteiger partial charge in [0.2, 0.25) is 17.8 Å². The van der Waals surface area contributed by atoms with Gasteiger partial charge in [-0.1, -0.05) is 13.8 Å². The summed E-state index contributed by atoms with van der Waals surface area (Å²) in [5.74, 6) is 0.138. The van der Waals surface area contributed by atoms with Gasteiger partial charge in [-0.15, -0.1) is 0 Å². The molecule has 0 bridgehead atoms. The summed E-state index contributed by atoms with van der Waals surface area (Å²) in [5, 5.41) is 6.69. The van der Waals surface area contributed by atoms with Crippen LogP contribution in [0.1, 0.15) is 37.2 Å². The van der Waals surface area contributed by atoms with Crippen molar-refractivity contribution in [3.05, 3.63) is 53.2 Å². The fourth-order valence-corrected chi connectivity index (χ4v) is 3.07. The number of hydrogen-bond donors (Lipinski definition) is 3. The minimum Gasteiger partial charge on any atom is -0.361 e. The first kappa shape index (κ1) is 21.4. The number of nitrogens with one attached hydrogen (secondary N) is 3. The Kier molecular flexibility index (Phi) is 6.76. The van der Waals surface area contributed by atoms with Crippen LogP contribution in [0.3, 0.4) is 0 Å². The van der Waals surface area contributed by atoms with Gasteiger partial charge in [-0.3, -0.25) is 20.4 Å². The number of H-pyrrole nitrogens is 1. The van der Waals surface area contributed by atoms with Crippen LogP contribution in [0, 0.1) is 25.6 Å². The van der Waals surface area contributed by atoms with Gasteiger partial charge in [0.15, 0.2) is 0 Å². The van der Waals surface area contributed by atoms with Gasteiger partial charge < -0.3 is 4.98 Å². The highest BCUT2D eigenvalue weighted by Crippen LogP contribution is 2.19. The topological polar surface area (TPSA) is 95.1 Å². The quantitative estimate of drug-likeness (QED) is 0.424. The van der Waals surface area contributed by atoms with Crippen LogP contribution in [0.5, 0.6) is 0 Å². The summed E-state index contributed by atoms with van der Waals surface area (Å²) < 4.78 is 13.6. The summed E-state index contributed by atoms with van der Waals surface area (Å²) in [4.78, 5) is 28.8. The zero-order chi connectivity index (χ0) is 21.7. The van der Waals surface area contributed by atoms with Crippen molar-refractivity contribution in [1.29, 1.82) is 0 Å². The smallest absolute Gasteiger partial charge is 0.229 e. The van der Waals surface area contributed by atoms with E-state index in [1.807, 2.05) is 40.0 Å². The first-order valence-corrected chi connectivity index (χ1v) is 10.1. The van der Waals surface area contributed by atoms with Crippen molar-refractivity contribution in [2.75, 3.05) is 11.9 Å². The fourth-order valence-electron chi connectivity index (χ4n) is 3.07. The van der Waals surface area contributed by atoms with Crippen LogP contribution in [-0.2, 0) is 11.2 Å². The van der Waals surface area contributed by atoms with Crippen LogP contribution in [-0.4, -0.2) is 33.4 Å². The standard InChI is InChI=1S/C22H27FN6O/c1-5-13(2)20(30)28-21(29-22-26-14(3)10-15(4)27-22)24-9-8-16-12-25-19-7-6-17(23)11-18(16)19/h6-7,10-13,25H,5,8-9H2,1-4H3,(H2,24,26,27,28,29,30)/t13-/m0/s1. The van der Waals surface area contributed by atoms with Crippen LogP contribution >= 0.6 is 0 Å². The number of guanidine groups is 1. The van der Waals surface area contributed by atoms with E-state index in [1.54, 1.807) is 6.07 Å². The maximum absolute atomic E-state index is 13.6. The predicted molar refractivity (Wildman–Crippen MR) is 117 cm³/mol. The van der Waals surface area contributed by atoms with E-state index >= 15 is 0 Å². The Morgan fingerprint density at radius 3 is 2.67 bits per heavy atom. The molecule has 158 valence electrons. The largest absolute Gasteiger partial charge is 0.361 e. The zero-order valence-electron chi connectivity index (χ0n) is 17.7. The molecule has 2 heterocycles. The van der Waals surface area contributed by atoms with Gasteiger partial charge >= 0.3 is 0 Å². The summed E-state index contributed by atoms with van der Waals surface area (Å²) in [6.07, 6.45) is 3.17. The minimum atomic E-state index is -0.276. The molecular weight excluding hydrogens is 383 g/mol. The molecule has 1 aromatic carbocycles. The zero-order valence-corrected chi connectivity index (χ0v) is 17.7.